The van der Waals surface area contributed by atoms with Gasteiger partial charge in [-0.1, -0.05) is 78.9 Å². The number of hydrogen-bond acceptors (Lipinski definition) is 4. The van der Waals surface area contributed by atoms with Gasteiger partial charge in [-0.15, -0.1) is 0 Å². The first-order valence-electron chi connectivity index (χ1n) is 11.2. The van der Waals surface area contributed by atoms with Crippen molar-refractivity contribution in [1.29, 1.82) is 0 Å². The van der Waals surface area contributed by atoms with E-state index >= 15 is 0 Å². The molecule has 1 aliphatic carbocycles. The number of alkyl halides is 2. The van der Waals surface area contributed by atoms with Gasteiger partial charge in [-0.25, -0.2) is 9.59 Å². The quantitative estimate of drug-likeness (QED) is 0.462. The Balaban J connectivity index is 1.73. The van der Waals surface area contributed by atoms with E-state index in [-0.39, 0.29) is 13.2 Å². The Kier molecular flexibility index (Phi) is 5.35. The predicted molar refractivity (Wildman–Crippen MR) is 121 cm³/mol. The van der Waals surface area contributed by atoms with Gasteiger partial charge in [-0.3, -0.25) is 4.90 Å². The number of halogens is 2. The number of nitrogens with zero attached hydrogens (tertiary/aromatic N) is 1. The summed E-state index contributed by atoms with van der Waals surface area (Å²) in [5, 5.41) is 0. The van der Waals surface area contributed by atoms with Crippen LogP contribution < -0.4 is 0 Å². The van der Waals surface area contributed by atoms with Crippen LogP contribution in [0.3, 0.4) is 0 Å². The summed E-state index contributed by atoms with van der Waals surface area (Å²) in [6.45, 7) is 1.05. The first-order valence-corrected chi connectivity index (χ1v) is 11.2. The standard InChI is InChI=1S/C27H23F2NO4/c1-2-33-24(31)26(28,29)16-19-17-34-25(32)30(19)27(18-10-4-3-5-11-18)22-14-8-6-12-20(22)21-13-7-9-15-23(21)27/h3-15,19H,2,16-17H2,1H3. The minimum Gasteiger partial charge on any atom is -0.462 e. The zero-order valence-electron chi connectivity index (χ0n) is 18.5. The number of ether oxygens (including phenoxy) is 2. The van der Waals surface area contributed by atoms with Gasteiger partial charge in [0.2, 0.25) is 0 Å². The molecule has 5 rings (SSSR count). The van der Waals surface area contributed by atoms with E-state index in [1.807, 2.05) is 78.9 Å². The molecule has 1 atom stereocenters. The van der Waals surface area contributed by atoms with Crippen molar-refractivity contribution in [3.8, 4) is 11.1 Å². The Labute approximate surface area is 195 Å². The normalized spacial score (nSPS) is 18.3. The molecule has 1 amide bonds. The van der Waals surface area contributed by atoms with E-state index < -0.39 is 36.0 Å². The molecule has 0 radical (unpaired) electrons. The first kappa shape index (κ1) is 22.1. The van der Waals surface area contributed by atoms with Crippen LogP contribution >= 0.6 is 0 Å². The maximum atomic E-state index is 14.9. The molecule has 1 unspecified atom stereocenters. The molecule has 2 aliphatic rings. The maximum Gasteiger partial charge on any atom is 0.411 e. The Morgan fingerprint density at radius 3 is 2.15 bits per heavy atom. The first-order chi connectivity index (χ1) is 16.4. The van der Waals surface area contributed by atoms with E-state index in [4.69, 9.17) is 4.74 Å². The molecule has 34 heavy (non-hydrogen) atoms. The summed E-state index contributed by atoms with van der Waals surface area (Å²) < 4.78 is 39.7. The third-order valence-electron chi connectivity index (χ3n) is 6.50. The van der Waals surface area contributed by atoms with Crippen molar-refractivity contribution in [3.05, 3.63) is 95.6 Å². The van der Waals surface area contributed by atoms with Crippen molar-refractivity contribution in [1.82, 2.24) is 4.90 Å². The lowest BCUT2D eigenvalue weighted by Crippen LogP contribution is -2.53. The summed E-state index contributed by atoms with van der Waals surface area (Å²) in [5.74, 6) is -5.38. The molecule has 174 valence electrons. The van der Waals surface area contributed by atoms with E-state index in [1.54, 1.807) is 0 Å². The molecule has 3 aromatic carbocycles. The summed E-state index contributed by atoms with van der Waals surface area (Å²) in [6, 6.07) is 23.6. The fourth-order valence-corrected chi connectivity index (χ4v) is 5.24. The number of esters is 1. The molecular formula is C27H23F2NO4. The van der Waals surface area contributed by atoms with Crippen molar-refractivity contribution in [2.45, 2.75) is 30.8 Å². The number of benzene rings is 3. The molecule has 0 bridgehead atoms. The van der Waals surface area contributed by atoms with Gasteiger partial charge in [-0.2, -0.15) is 8.78 Å². The third kappa shape index (κ3) is 3.18. The fourth-order valence-electron chi connectivity index (χ4n) is 5.24. The van der Waals surface area contributed by atoms with Crippen LogP contribution in [0.5, 0.6) is 0 Å². The molecule has 1 heterocycles. The number of rotatable bonds is 6. The molecule has 5 nitrogen and oxygen atoms in total. The molecule has 7 heteroatoms. The van der Waals surface area contributed by atoms with Gasteiger partial charge in [0.15, 0.2) is 0 Å². The van der Waals surface area contributed by atoms with Gasteiger partial charge in [-0.05, 0) is 34.7 Å². The fraction of sp³-hybridized carbons (Fsp3) is 0.259. The van der Waals surface area contributed by atoms with Crippen LogP contribution in [0.15, 0.2) is 78.9 Å². The molecule has 1 fully saturated rings. The molecular weight excluding hydrogens is 440 g/mol. The average molecular weight is 463 g/mol. The van der Waals surface area contributed by atoms with Crippen LogP contribution in [0.25, 0.3) is 11.1 Å². The topological polar surface area (TPSA) is 55.8 Å². The summed E-state index contributed by atoms with van der Waals surface area (Å²) in [7, 11) is 0. The number of carbonyl (C=O) groups is 2. The predicted octanol–water partition coefficient (Wildman–Crippen LogP) is 5.37. The van der Waals surface area contributed by atoms with Crippen molar-refractivity contribution in [2.75, 3.05) is 13.2 Å². The average Bonchev–Trinajstić information content (AvgIpc) is 3.35. The number of amides is 1. The Morgan fingerprint density at radius 2 is 1.56 bits per heavy atom. The second kappa shape index (κ2) is 8.24. The molecule has 0 saturated carbocycles. The van der Waals surface area contributed by atoms with Gasteiger partial charge < -0.3 is 9.47 Å². The van der Waals surface area contributed by atoms with Crippen molar-refractivity contribution >= 4 is 12.1 Å². The van der Waals surface area contributed by atoms with Crippen LogP contribution in [0.4, 0.5) is 13.6 Å². The highest BCUT2D eigenvalue weighted by Crippen LogP contribution is 2.56. The van der Waals surface area contributed by atoms with Crippen molar-refractivity contribution < 1.29 is 27.8 Å². The number of carbonyl (C=O) groups excluding carboxylic acids is 2. The minimum absolute atomic E-state index is 0.160. The second-order valence-corrected chi connectivity index (χ2v) is 8.40. The third-order valence-corrected chi connectivity index (χ3v) is 6.50. The lowest BCUT2D eigenvalue weighted by atomic mass is 9.78. The highest BCUT2D eigenvalue weighted by molar-refractivity contribution is 5.87. The van der Waals surface area contributed by atoms with Crippen molar-refractivity contribution in [3.63, 3.8) is 0 Å². The summed E-state index contributed by atoms with van der Waals surface area (Å²) in [6.07, 6.45) is -1.61. The molecule has 0 spiro atoms. The molecule has 0 N–H and O–H groups in total. The molecule has 3 aromatic rings. The van der Waals surface area contributed by atoms with E-state index in [2.05, 4.69) is 4.74 Å². The van der Waals surface area contributed by atoms with Gasteiger partial charge in [0.25, 0.3) is 0 Å². The Bertz CT molecular complexity index is 1200. The van der Waals surface area contributed by atoms with E-state index in [0.29, 0.717) is 0 Å². The summed E-state index contributed by atoms with van der Waals surface area (Å²) >= 11 is 0. The second-order valence-electron chi connectivity index (χ2n) is 8.40. The van der Waals surface area contributed by atoms with Crippen LogP contribution in [-0.4, -0.2) is 42.1 Å². The monoisotopic (exact) mass is 463 g/mol. The van der Waals surface area contributed by atoms with Crippen LogP contribution in [0.1, 0.15) is 30.0 Å². The number of cyclic esters (lactones) is 1. The summed E-state index contributed by atoms with van der Waals surface area (Å²) in [5.41, 5.74) is 2.97. The van der Waals surface area contributed by atoms with E-state index in [0.717, 1.165) is 27.8 Å². The van der Waals surface area contributed by atoms with Gasteiger partial charge in [0.05, 0.1) is 12.6 Å². The SMILES string of the molecule is CCOC(=O)C(F)(F)CC1COC(=O)N1C1(c2ccccc2)c2ccccc2-c2ccccc21. The van der Waals surface area contributed by atoms with Crippen LogP contribution in [-0.2, 0) is 19.8 Å². The Hall–Kier alpha value is -3.74. The molecule has 0 aromatic heterocycles. The molecule has 1 saturated heterocycles. The van der Waals surface area contributed by atoms with Crippen LogP contribution in [0, 0.1) is 0 Å². The van der Waals surface area contributed by atoms with Gasteiger partial charge >= 0.3 is 18.0 Å². The smallest absolute Gasteiger partial charge is 0.411 e. The highest BCUT2D eigenvalue weighted by atomic mass is 19.3. The van der Waals surface area contributed by atoms with E-state index in [9.17, 15) is 18.4 Å². The lowest BCUT2D eigenvalue weighted by Gasteiger charge is -2.43. The zero-order valence-corrected chi connectivity index (χ0v) is 18.5. The number of fused-ring (bicyclic) bond motifs is 3. The number of hydrogen-bond donors (Lipinski definition) is 0. The summed E-state index contributed by atoms with van der Waals surface area (Å²) in [4.78, 5) is 26.7. The maximum absolute atomic E-state index is 14.9. The Morgan fingerprint density at radius 1 is 1.00 bits per heavy atom. The van der Waals surface area contributed by atoms with Crippen LogP contribution in [0.2, 0.25) is 0 Å². The van der Waals surface area contributed by atoms with E-state index in [1.165, 1.54) is 11.8 Å². The highest BCUT2D eigenvalue weighted by Gasteiger charge is 2.58. The van der Waals surface area contributed by atoms with Gasteiger partial charge in [0, 0.05) is 6.42 Å². The zero-order chi connectivity index (χ0) is 23.9. The largest absolute Gasteiger partial charge is 0.462 e. The molecule has 1 aliphatic heterocycles. The van der Waals surface area contributed by atoms with Gasteiger partial charge in [0.1, 0.15) is 12.1 Å². The minimum atomic E-state index is -3.78. The van der Waals surface area contributed by atoms with Crippen molar-refractivity contribution in [2.24, 2.45) is 0 Å². The lowest BCUT2D eigenvalue weighted by molar-refractivity contribution is -0.174.